The van der Waals surface area contributed by atoms with Crippen molar-refractivity contribution in [2.75, 3.05) is 26.2 Å². The molecule has 3 rings (SSSR count). The predicted octanol–water partition coefficient (Wildman–Crippen LogP) is 4.46. The molecule has 2 aromatic rings. The highest BCUT2D eigenvalue weighted by atomic mass is 16.5. The molecule has 28 heavy (non-hydrogen) atoms. The van der Waals surface area contributed by atoms with Gasteiger partial charge in [0.25, 0.3) is 0 Å². The number of carbonyl (C=O) groups excluding carboxylic acids is 1. The van der Waals surface area contributed by atoms with Crippen LogP contribution < -0.4 is 0 Å². The lowest BCUT2D eigenvalue weighted by Crippen LogP contribution is -2.40. The summed E-state index contributed by atoms with van der Waals surface area (Å²) in [7, 11) is 0. The number of carbonyl (C=O) groups is 1. The molecule has 0 N–H and O–H groups in total. The standard InChI is InChI=1S/C24H31NO3/c1-19(2)18-27-23(26)17-25-15-13-22(14-16-25)28-24(20-9-5-3-6-10-20)21-11-7-4-8-12-21/h3-12,19,22,24H,13-18H2,1-2H3. The highest BCUT2D eigenvalue weighted by molar-refractivity contribution is 5.71. The van der Waals surface area contributed by atoms with Gasteiger partial charge in [0.15, 0.2) is 0 Å². The van der Waals surface area contributed by atoms with Crippen molar-refractivity contribution in [3.63, 3.8) is 0 Å². The van der Waals surface area contributed by atoms with Gasteiger partial charge in [-0.15, -0.1) is 0 Å². The van der Waals surface area contributed by atoms with Crippen molar-refractivity contribution in [3.05, 3.63) is 71.8 Å². The lowest BCUT2D eigenvalue weighted by molar-refractivity contribution is -0.146. The maximum absolute atomic E-state index is 11.9. The second-order valence-corrected chi connectivity index (χ2v) is 7.89. The number of piperidine rings is 1. The summed E-state index contributed by atoms with van der Waals surface area (Å²) in [6.07, 6.45) is 1.98. The quantitative estimate of drug-likeness (QED) is 0.633. The molecule has 4 heteroatoms. The summed E-state index contributed by atoms with van der Waals surface area (Å²) in [4.78, 5) is 14.1. The number of esters is 1. The molecule has 0 bridgehead atoms. The predicted molar refractivity (Wildman–Crippen MR) is 111 cm³/mol. The van der Waals surface area contributed by atoms with Crippen LogP contribution >= 0.6 is 0 Å². The fourth-order valence-corrected chi connectivity index (χ4v) is 3.49. The average molecular weight is 382 g/mol. The van der Waals surface area contributed by atoms with Gasteiger partial charge < -0.3 is 9.47 Å². The maximum atomic E-state index is 11.9. The van der Waals surface area contributed by atoms with Crippen LogP contribution in [0.3, 0.4) is 0 Å². The Labute approximate surface area is 168 Å². The van der Waals surface area contributed by atoms with Gasteiger partial charge in [-0.2, -0.15) is 0 Å². The van der Waals surface area contributed by atoms with Crippen LogP contribution in [-0.4, -0.2) is 43.2 Å². The molecule has 1 aliphatic heterocycles. The molecule has 0 spiro atoms. The minimum absolute atomic E-state index is 0.0602. The molecule has 0 aliphatic carbocycles. The Bertz CT molecular complexity index is 670. The Balaban J connectivity index is 1.55. The second kappa shape index (κ2) is 10.4. The largest absolute Gasteiger partial charge is 0.464 e. The molecule has 0 radical (unpaired) electrons. The Morgan fingerprint density at radius 3 is 2.00 bits per heavy atom. The van der Waals surface area contributed by atoms with Crippen LogP contribution in [-0.2, 0) is 14.3 Å². The van der Waals surface area contributed by atoms with Crippen molar-refractivity contribution in [1.82, 2.24) is 4.90 Å². The molecular weight excluding hydrogens is 350 g/mol. The molecule has 1 heterocycles. The fourth-order valence-electron chi connectivity index (χ4n) is 3.49. The van der Waals surface area contributed by atoms with E-state index in [0.29, 0.717) is 19.1 Å². The van der Waals surface area contributed by atoms with Gasteiger partial charge in [0, 0.05) is 13.1 Å². The smallest absolute Gasteiger partial charge is 0.320 e. The van der Waals surface area contributed by atoms with Gasteiger partial charge >= 0.3 is 5.97 Å². The number of benzene rings is 2. The van der Waals surface area contributed by atoms with Gasteiger partial charge in [0.1, 0.15) is 6.10 Å². The number of nitrogens with zero attached hydrogens (tertiary/aromatic N) is 1. The summed E-state index contributed by atoms with van der Waals surface area (Å²) in [5.41, 5.74) is 2.35. The molecule has 0 saturated carbocycles. The first-order chi connectivity index (χ1) is 13.6. The van der Waals surface area contributed by atoms with Crippen molar-refractivity contribution >= 4 is 5.97 Å². The van der Waals surface area contributed by atoms with Crippen LogP contribution in [0.2, 0.25) is 0 Å². The van der Waals surface area contributed by atoms with Crippen molar-refractivity contribution in [3.8, 4) is 0 Å². The third kappa shape index (κ3) is 6.18. The van der Waals surface area contributed by atoms with Gasteiger partial charge in [-0.25, -0.2) is 0 Å². The summed E-state index contributed by atoms with van der Waals surface area (Å²) in [6, 6.07) is 20.8. The van der Waals surface area contributed by atoms with E-state index in [4.69, 9.17) is 9.47 Å². The Morgan fingerprint density at radius 2 is 1.50 bits per heavy atom. The van der Waals surface area contributed by atoms with Gasteiger partial charge in [-0.1, -0.05) is 74.5 Å². The molecule has 1 saturated heterocycles. The topological polar surface area (TPSA) is 38.8 Å². The minimum atomic E-state index is -0.125. The van der Waals surface area contributed by atoms with E-state index in [2.05, 4.69) is 53.4 Å². The molecule has 150 valence electrons. The van der Waals surface area contributed by atoms with Crippen molar-refractivity contribution in [2.24, 2.45) is 5.92 Å². The first kappa shape index (κ1) is 20.6. The van der Waals surface area contributed by atoms with Crippen LogP contribution in [0.25, 0.3) is 0 Å². The van der Waals surface area contributed by atoms with Crippen LogP contribution in [0.5, 0.6) is 0 Å². The molecule has 0 amide bonds. The van der Waals surface area contributed by atoms with E-state index in [1.54, 1.807) is 0 Å². The molecule has 1 fully saturated rings. The third-order valence-electron chi connectivity index (χ3n) is 5.00. The summed E-state index contributed by atoms with van der Waals surface area (Å²) in [5, 5.41) is 0. The number of rotatable bonds is 8. The van der Waals surface area contributed by atoms with Crippen LogP contribution in [0.4, 0.5) is 0 Å². The van der Waals surface area contributed by atoms with Crippen LogP contribution in [0, 0.1) is 5.92 Å². The molecule has 2 aromatic carbocycles. The van der Waals surface area contributed by atoms with Gasteiger partial charge in [0.05, 0.1) is 19.3 Å². The number of hydrogen-bond donors (Lipinski definition) is 0. The fraction of sp³-hybridized carbons (Fsp3) is 0.458. The van der Waals surface area contributed by atoms with E-state index in [9.17, 15) is 4.79 Å². The number of likely N-dealkylation sites (tertiary alicyclic amines) is 1. The first-order valence-electron chi connectivity index (χ1n) is 10.2. The third-order valence-corrected chi connectivity index (χ3v) is 5.00. The summed E-state index contributed by atoms with van der Waals surface area (Å²) in [6.45, 7) is 6.68. The van der Waals surface area contributed by atoms with Gasteiger partial charge in [0.2, 0.25) is 0 Å². The van der Waals surface area contributed by atoms with Gasteiger partial charge in [-0.05, 0) is 29.9 Å². The Morgan fingerprint density at radius 1 is 0.964 bits per heavy atom. The van der Waals surface area contributed by atoms with E-state index in [1.165, 1.54) is 11.1 Å². The monoisotopic (exact) mass is 381 g/mol. The zero-order valence-corrected chi connectivity index (χ0v) is 16.9. The van der Waals surface area contributed by atoms with Crippen molar-refractivity contribution in [1.29, 1.82) is 0 Å². The Kier molecular flexibility index (Phi) is 7.63. The summed E-state index contributed by atoms with van der Waals surface area (Å²) in [5.74, 6) is 0.246. The van der Waals surface area contributed by atoms with Gasteiger partial charge in [-0.3, -0.25) is 9.69 Å². The summed E-state index contributed by atoms with van der Waals surface area (Å²) < 4.78 is 11.9. The second-order valence-electron chi connectivity index (χ2n) is 7.89. The maximum Gasteiger partial charge on any atom is 0.320 e. The van der Waals surface area contributed by atoms with E-state index < -0.39 is 0 Å². The average Bonchev–Trinajstić information content (AvgIpc) is 2.73. The van der Waals surface area contributed by atoms with E-state index in [1.807, 2.05) is 26.0 Å². The highest BCUT2D eigenvalue weighted by Gasteiger charge is 2.25. The SMILES string of the molecule is CC(C)COC(=O)CN1CCC(OC(c2ccccc2)c2ccccc2)CC1. The van der Waals surface area contributed by atoms with E-state index >= 15 is 0 Å². The Hall–Kier alpha value is -2.17. The van der Waals surface area contributed by atoms with Crippen molar-refractivity contribution in [2.45, 2.75) is 38.9 Å². The zero-order valence-electron chi connectivity index (χ0n) is 16.9. The first-order valence-corrected chi connectivity index (χ1v) is 10.2. The van der Waals surface area contributed by atoms with Crippen LogP contribution in [0.1, 0.15) is 43.9 Å². The molecule has 4 nitrogen and oxygen atoms in total. The molecule has 0 aromatic heterocycles. The lowest BCUT2D eigenvalue weighted by atomic mass is 10.00. The molecule has 0 unspecified atom stereocenters. The van der Waals surface area contributed by atoms with E-state index in [-0.39, 0.29) is 18.2 Å². The zero-order chi connectivity index (χ0) is 19.8. The summed E-state index contributed by atoms with van der Waals surface area (Å²) >= 11 is 0. The number of ether oxygens (including phenoxy) is 2. The normalized spacial score (nSPS) is 15.9. The van der Waals surface area contributed by atoms with E-state index in [0.717, 1.165) is 25.9 Å². The molecule has 1 aliphatic rings. The van der Waals surface area contributed by atoms with Crippen LogP contribution in [0.15, 0.2) is 60.7 Å². The molecule has 0 atom stereocenters. The molecular formula is C24H31NO3. The number of hydrogen-bond acceptors (Lipinski definition) is 4. The minimum Gasteiger partial charge on any atom is -0.464 e. The highest BCUT2D eigenvalue weighted by Crippen LogP contribution is 2.29. The van der Waals surface area contributed by atoms with Crippen molar-refractivity contribution < 1.29 is 14.3 Å². The lowest BCUT2D eigenvalue weighted by Gasteiger charge is -2.33.